The number of carbonyl (C=O) groups is 1. The van der Waals surface area contributed by atoms with Gasteiger partial charge in [0.05, 0.1) is 17.2 Å². The highest BCUT2D eigenvalue weighted by atomic mass is 32.2. The van der Waals surface area contributed by atoms with Crippen molar-refractivity contribution in [2.24, 2.45) is 0 Å². The first-order valence-corrected chi connectivity index (χ1v) is 13.2. The molecule has 0 saturated carbocycles. The summed E-state index contributed by atoms with van der Waals surface area (Å²) in [7, 11) is -3.92. The fourth-order valence-corrected chi connectivity index (χ4v) is 5.35. The average Bonchev–Trinajstić information content (AvgIpc) is 2.82. The molecule has 7 nitrogen and oxygen atoms in total. The predicted molar refractivity (Wildman–Crippen MR) is 131 cm³/mol. The summed E-state index contributed by atoms with van der Waals surface area (Å²) in [5, 5.41) is 2.89. The Balaban J connectivity index is 1.69. The summed E-state index contributed by atoms with van der Waals surface area (Å²) in [5.74, 6) is 0.328. The van der Waals surface area contributed by atoms with Crippen LogP contribution in [0.2, 0.25) is 0 Å². The van der Waals surface area contributed by atoms with Gasteiger partial charge in [0.2, 0.25) is 5.91 Å². The Bertz CT molecular complexity index is 985. The molecular weight excluding hydrogens is 438 g/mol. The summed E-state index contributed by atoms with van der Waals surface area (Å²) in [6.45, 7) is 7.73. The van der Waals surface area contributed by atoms with Gasteiger partial charge in [-0.05, 0) is 89.1 Å². The molecule has 0 bridgehead atoms. The van der Waals surface area contributed by atoms with E-state index >= 15 is 0 Å². The molecule has 0 aliphatic carbocycles. The van der Waals surface area contributed by atoms with Gasteiger partial charge in [0, 0.05) is 6.54 Å². The molecule has 1 fully saturated rings. The van der Waals surface area contributed by atoms with E-state index in [1.54, 1.807) is 48.5 Å². The molecule has 0 unspecified atom stereocenters. The van der Waals surface area contributed by atoms with Gasteiger partial charge in [-0.1, -0.05) is 24.1 Å². The zero-order chi connectivity index (χ0) is 23.7. The molecule has 0 aromatic heterocycles. The Labute approximate surface area is 197 Å². The van der Waals surface area contributed by atoms with Crippen molar-refractivity contribution in [3.05, 3.63) is 54.1 Å². The fourth-order valence-electron chi connectivity index (χ4n) is 3.93. The summed E-state index contributed by atoms with van der Waals surface area (Å²) in [6.07, 6.45) is 4.62. The van der Waals surface area contributed by atoms with Crippen molar-refractivity contribution in [2.45, 2.75) is 44.4 Å². The number of carbonyl (C=O) groups excluding carboxylic acids is 1. The zero-order valence-electron chi connectivity index (χ0n) is 19.6. The molecular formula is C25H35N3O4S. The van der Waals surface area contributed by atoms with E-state index in [-0.39, 0.29) is 17.3 Å². The summed E-state index contributed by atoms with van der Waals surface area (Å²) < 4.78 is 33.5. The number of anilines is 1. The van der Waals surface area contributed by atoms with Crippen molar-refractivity contribution in [1.82, 2.24) is 10.2 Å². The van der Waals surface area contributed by atoms with E-state index < -0.39 is 10.0 Å². The lowest BCUT2D eigenvalue weighted by atomic mass is 10.1. The van der Waals surface area contributed by atoms with E-state index in [9.17, 15) is 13.2 Å². The second-order valence-corrected chi connectivity index (χ2v) is 10.2. The minimum absolute atomic E-state index is 0.153. The number of amides is 1. The molecule has 0 spiro atoms. The summed E-state index contributed by atoms with van der Waals surface area (Å²) >= 11 is 0. The molecule has 1 heterocycles. The van der Waals surface area contributed by atoms with E-state index in [0.29, 0.717) is 24.6 Å². The van der Waals surface area contributed by atoms with Gasteiger partial charge in [-0.15, -0.1) is 0 Å². The number of ether oxygens (including phenoxy) is 1. The molecule has 2 aromatic rings. The van der Waals surface area contributed by atoms with Crippen molar-refractivity contribution in [2.75, 3.05) is 43.6 Å². The lowest BCUT2D eigenvalue weighted by molar-refractivity contribution is -0.119. The van der Waals surface area contributed by atoms with Crippen LogP contribution in [0, 0.1) is 6.92 Å². The first-order chi connectivity index (χ1) is 15.9. The minimum Gasteiger partial charge on any atom is -0.494 e. The molecule has 1 aliphatic heterocycles. The van der Waals surface area contributed by atoms with Crippen LogP contribution in [0.5, 0.6) is 5.75 Å². The maximum Gasteiger partial charge on any atom is 0.264 e. The van der Waals surface area contributed by atoms with Crippen molar-refractivity contribution in [3.8, 4) is 5.75 Å². The Morgan fingerprint density at radius 2 is 1.70 bits per heavy atom. The molecule has 33 heavy (non-hydrogen) atoms. The molecule has 1 N–H and O–H groups in total. The van der Waals surface area contributed by atoms with Crippen LogP contribution in [0.25, 0.3) is 0 Å². The third-order valence-corrected chi connectivity index (χ3v) is 7.54. The number of sulfonamides is 1. The quantitative estimate of drug-likeness (QED) is 0.505. The smallest absolute Gasteiger partial charge is 0.264 e. The number of rotatable bonds is 11. The minimum atomic E-state index is -3.92. The molecule has 0 radical (unpaired) electrons. The molecule has 1 amide bonds. The second-order valence-electron chi connectivity index (χ2n) is 8.36. The first-order valence-electron chi connectivity index (χ1n) is 11.7. The van der Waals surface area contributed by atoms with E-state index in [1.165, 1.54) is 19.3 Å². The number of likely N-dealkylation sites (tertiary alicyclic amines) is 1. The van der Waals surface area contributed by atoms with Crippen LogP contribution in [-0.2, 0) is 14.8 Å². The summed E-state index contributed by atoms with van der Waals surface area (Å²) in [6, 6.07) is 13.4. The van der Waals surface area contributed by atoms with Crippen molar-refractivity contribution >= 4 is 21.6 Å². The highest BCUT2D eigenvalue weighted by Crippen LogP contribution is 2.26. The zero-order valence-corrected chi connectivity index (χ0v) is 20.4. The normalized spacial score (nSPS) is 14.6. The lowest BCUT2D eigenvalue weighted by Gasteiger charge is -2.26. The average molecular weight is 474 g/mol. The molecule has 1 saturated heterocycles. The molecule has 8 heteroatoms. The highest BCUT2D eigenvalue weighted by molar-refractivity contribution is 7.92. The number of aryl methyl sites for hydroxylation is 1. The maximum atomic E-state index is 13.4. The van der Waals surface area contributed by atoms with Gasteiger partial charge in [-0.3, -0.25) is 9.10 Å². The third kappa shape index (κ3) is 7.20. The summed E-state index contributed by atoms with van der Waals surface area (Å²) in [5.41, 5.74) is 1.38. The van der Waals surface area contributed by atoms with E-state index in [1.807, 2.05) is 13.8 Å². The SMILES string of the molecule is CCOc1ccc(N(CC(=O)NCCCN2CCCCC2)S(=O)(=O)c2ccc(C)cc2)cc1. The molecule has 3 rings (SSSR count). The van der Waals surface area contributed by atoms with Crippen LogP contribution in [0.1, 0.15) is 38.2 Å². The number of hydrogen-bond acceptors (Lipinski definition) is 5. The van der Waals surface area contributed by atoms with Gasteiger partial charge < -0.3 is 15.0 Å². The van der Waals surface area contributed by atoms with Gasteiger partial charge in [-0.2, -0.15) is 0 Å². The fraction of sp³-hybridized carbons (Fsp3) is 0.480. The first kappa shape index (κ1) is 25.1. The monoisotopic (exact) mass is 473 g/mol. The van der Waals surface area contributed by atoms with Crippen molar-refractivity contribution in [1.29, 1.82) is 0 Å². The van der Waals surface area contributed by atoms with E-state index in [2.05, 4.69) is 10.2 Å². The van der Waals surface area contributed by atoms with Gasteiger partial charge in [0.15, 0.2) is 0 Å². The molecule has 180 valence electrons. The predicted octanol–water partition coefficient (Wildman–Crippen LogP) is 3.58. The van der Waals surface area contributed by atoms with Crippen LogP contribution >= 0.6 is 0 Å². The van der Waals surface area contributed by atoms with Crippen LogP contribution in [0.15, 0.2) is 53.4 Å². The number of nitrogens with zero attached hydrogens (tertiary/aromatic N) is 2. The van der Waals surface area contributed by atoms with Crippen LogP contribution in [0.4, 0.5) is 5.69 Å². The molecule has 2 aromatic carbocycles. The number of nitrogens with one attached hydrogen (secondary N) is 1. The third-order valence-electron chi connectivity index (χ3n) is 5.75. The van der Waals surface area contributed by atoms with Gasteiger partial charge in [0.1, 0.15) is 12.3 Å². The van der Waals surface area contributed by atoms with Crippen LogP contribution in [-0.4, -0.2) is 58.6 Å². The van der Waals surface area contributed by atoms with Gasteiger partial charge in [0.25, 0.3) is 10.0 Å². The maximum absolute atomic E-state index is 13.4. The Kier molecular flexibility index (Phi) is 9.14. The van der Waals surface area contributed by atoms with Gasteiger partial charge >= 0.3 is 0 Å². The number of benzene rings is 2. The van der Waals surface area contributed by atoms with Crippen molar-refractivity contribution in [3.63, 3.8) is 0 Å². The van der Waals surface area contributed by atoms with Gasteiger partial charge in [-0.25, -0.2) is 8.42 Å². The number of piperidine rings is 1. The van der Waals surface area contributed by atoms with Crippen LogP contribution < -0.4 is 14.4 Å². The van der Waals surface area contributed by atoms with Crippen molar-refractivity contribution < 1.29 is 17.9 Å². The number of hydrogen-bond donors (Lipinski definition) is 1. The summed E-state index contributed by atoms with van der Waals surface area (Å²) in [4.78, 5) is 15.3. The Morgan fingerprint density at radius 3 is 2.33 bits per heavy atom. The molecule has 1 aliphatic rings. The van der Waals surface area contributed by atoms with E-state index in [0.717, 1.165) is 35.9 Å². The Morgan fingerprint density at radius 1 is 1.03 bits per heavy atom. The standard InChI is InChI=1S/C25H35N3O4S/c1-3-32-23-12-10-22(11-13-23)28(33(30,31)24-14-8-21(2)9-15-24)20-25(29)26-16-7-19-27-17-5-4-6-18-27/h8-15H,3-7,16-20H2,1-2H3,(H,26,29). The van der Waals surface area contributed by atoms with E-state index in [4.69, 9.17) is 4.74 Å². The second kappa shape index (κ2) is 12.0. The lowest BCUT2D eigenvalue weighted by Crippen LogP contribution is -2.41. The topological polar surface area (TPSA) is 79.0 Å². The highest BCUT2D eigenvalue weighted by Gasteiger charge is 2.27. The molecule has 0 atom stereocenters. The van der Waals surface area contributed by atoms with Crippen LogP contribution in [0.3, 0.4) is 0 Å². The largest absolute Gasteiger partial charge is 0.494 e. The Hall–Kier alpha value is -2.58.